The van der Waals surface area contributed by atoms with Crippen LogP contribution in [0.3, 0.4) is 0 Å². The highest BCUT2D eigenvalue weighted by molar-refractivity contribution is 6.01. The number of nitrogens with two attached hydrogens (primary N) is 1. The molecule has 0 unspecified atom stereocenters. The molecule has 0 radical (unpaired) electrons. The van der Waals surface area contributed by atoms with E-state index in [1.165, 1.54) is 10.5 Å². The molecule has 0 spiro atoms. The number of benzene rings is 1. The van der Waals surface area contributed by atoms with Gasteiger partial charge in [0.2, 0.25) is 5.92 Å². The predicted molar refractivity (Wildman–Crippen MR) is 91.7 cm³/mol. The van der Waals surface area contributed by atoms with Crippen molar-refractivity contribution < 1.29 is 18.0 Å². The summed E-state index contributed by atoms with van der Waals surface area (Å²) in [5.41, 5.74) is 8.26. The van der Waals surface area contributed by atoms with Gasteiger partial charge in [0.15, 0.2) is 11.6 Å². The SMILES string of the molecule is Cc1c(F)cccc1-c1ccc2nc(N)c(C(=O)C3CC(F)(F)C3)n2c1. The minimum Gasteiger partial charge on any atom is -0.382 e. The monoisotopic (exact) mass is 359 g/mol. The lowest BCUT2D eigenvalue weighted by Gasteiger charge is -2.33. The number of aromatic nitrogens is 2. The van der Waals surface area contributed by atoms with Crippen molar-refractivity contribution in [2.24, 2.45) is 5.92 Å². The molecule has 1 aliphatic rings. The van der Waals surface area contributed by atoms with Crippen molar-refractivity contribution in [2.45, 2.75) is 25.7 Å². The van der Waals surface area contributed by atoms with Crippen LogP contribution in [0.4, 0.5) is 19.0 Å². The highest BCUT2D eigenvalue weighted by atomic mass is 19.3. The number of nitrogens with zero attached hydrogens (tertiary/aromatic N) is 2. The molecular weight excluding hydrogens is 343 g/mol. The summed E-state index contributed by atoms with van der Waals surface area (Å²) in [6, 6.07) is 8.18. The lowest BCUT2D eigenvalue weighted by molar-refractivity contribution is -0.0983. The lowest BCUT2D eigenvalue weighted by Crippen LogP contribution is -2.40. The molecule has 26 heavy (non-hydrogen) atoms. The molecule has 1 fully saturated rings. The number of alkyl halides is 2. The van der Waals surface area contributed by atoms with Crippen molar-refractivity contribution in [1.29, 1.82) is 0 Å². The van der Waals surface area contributed by atoms with Crippen molar-refractivity contribution in [1.82, 2.24) is 9.38 Å². The fourth-order valence-electron chi connectivity index (χ4n) is 3.43. The Kier molecular flexibility index (Phi) is 3.57. The van der Waals surface area contributed by atoms with Gasteiger partial charge in [0, 0.05) is 25.0 Å². The van der Waals surface area contributed by atoms with Crippen molar-refractivity contribution >= 4 is 17.2 Å². The van der Waals surface area contributed by atoms with Gasteiger partial charge in [0.05, 0.1) is 0 Å². The average Bonchev–Trinajstić information content (AvgIpc) is 2.89. The number of nitrogen functional groups attached to an aromatic ring is 1. The Morgan fingerprint density at radius 2 is 2.00 bits per heavy atom. The van der Waals surface area contributed by atoms with Crippen LogP contribution in [0.1, 0.15) is 28.9 Å². The molecule has 1 aromatic carbocycles. The number of imidazole rings is 1. The first-order chi connectivity index (χ1) is 12.3. The van der Waals surface area contributed by atoms with E-state index in [-0.39, 0.29) is 17.3 Å². The number of hydrogen-bond acceptors (Lipinski definition) is 3. The van der Waals surface area contributed by atoms with Gasteiger partial charge in [-0.15, -0.1) is 0 Å². The van der Waals surface area contributed by atoms with Gasteiger partial charge in [0.25, 0.3) is 0 Å². The minimum atomic E-state index is -2.79. The maximum atomic E-state index is 13.9. The molecule has 0 saturated heterocycles. The number of carbonyl (C=O) groups excluding carboxylic acids is 1. The Labute approximate surface area is 147 Å². The normalized spacial score (nSPS) is 16.6. The van der Waals surface area contributed by atoms with Crippen LogP contribution in [-0.4, -0.2) is 21.1 Å². The Morgan fingerprint density at radius 3 is 2.69 bits per heavy atom. The van der Waals surface area contributed by atoms with Gasteiger partial charge < -0.3 is 5.73 Å². The first-order valence-electron chi connectivity index (χ1n) is 8.22. The van der Waals surface area contributed by atoms with Gasteiger partial charge in [0.1, 0.15) is 17.2 Å². The predicted octanol–water partition coefficient (Wildman–Crippen LogP) is 4.26. The second kappa shape index (κ2) is 5.59. The van der Waals surface area contributed by atoms with Crippen LogP contribution in [0, 0.1) is 18.7 Å². The number of rotatable bonds is 3. The summed E-state index contributed by atoms with van der Waals surface area (Å²) in [6.07, 6.45) is 0.701. The number of carbonyl (C=O) groups is 1. The van der Waals surface area contributed by atoms with Crippen LogP contribution in [-0.2, 0) is 0 Å². The zero-order valence-electron chi connectivity index (χ0n) is 14.0. The van der Waals surface area contributed by atoms with Gasteiger partial charge in [-0.2, -0.15) is 0 Å². The highest BCUT2D eigenvalue weighted by Crippen LogP contribution is 2.44. The molecule has 0 bridgehead atoms. The number of ketones is 1. The zero-order valence-corrected chi connectivity index (χ0v) is 14.0. The van der Waals surface area contributed by atoms with E-state index in [4.69, 9.17) is 5.73 Å². The van der Waals surface area contributed by atoms with E-state index >= 15 is 0 Å². The molecule has 134 valence electrons. The molecule has 0 aliphatic heterocycles. The van der Waals surface area contributed by atoms with E-state index in [0.29, 0.717) is 22.3 Å². The van der Waals surface area contributed by atoms with Crippen LogP contribution >= 0.6 is 0 Å². The summed E-state index contributed by atoms with van der Waals surface area (Å²) >= 11 is 0. The summed E-state index contributed by atoms with van der Waals surface area (Å²) in [5.74, 6) is -4.31. The second-order valence-electron chi connectivity index (χ2n) is 6.73. The fraction of sp³-hybridized carbons (Fsp3) is 0.263. The third-order valence-corrected chi connectivity index (χ3v) is 4.92. The standard InChI is InChI=1S/C19H16F3N3O/c1-10-13(3-2-4-14(10)20)11-5-6-15-24-18(23)16(25(15)9-11)17(26)12-7-19(21,22)8-12/h2-6,9,12H,7-8,23H2,1H3. The molecule has 2 aromatic heterocycles. The molecule has 3 aromatic rings. The number of hydrogen-bond donors (Lipinski definition) is 1. The molecule has 1 aliphatic carbocycles. The van der Waals surface area contributed by atoms with Crippen LogP contribution in [0.2, 0.25) is 0 Å². The summed E-state index contributed by atoms with van der Waals surface area (Å²) in [5, 5.41) is 0. The van der Waals surface area contributed by atoms with Crippen LogP contribution in [0.15, 0.2) is 36.5 Å². The van der Waals surface area contributed by atoms with E-state index in [1.807, 2.05) is 0 Å². The van der Waals surface area contributed by atoms with Crippen molar-refractivity contribution in [3.63, 3.8) is 0 Å². The van der Waals surface area contributed by atoms with Gasteiger partial charge in [-0.25, -0.2) is 18.2 Å². The highest BCUT2D eigenvalue weighted by Gasteiger charge is 2.49. The molecule has 4 rings (SSSR count). The van der Waals surface area contributed by atoms with Gasteiger partial charge in [-0.1, -0.05) is 12.1 Å². The largest absolute Gasteiger partial charge is 0.382 e. The Morgan fingerprint density at radius 1 is 1.27 bits per heavy atom. The topological polar surface area (TPSA) is 60.4 Å². The summed E-state index contributed by atoms with van der Waals surface area (Å²) in [6.45, 7) is 1.67. The van der Waals surface area contributed by atoms with Crippen LogP contribution < -0.4 is 5.73 Å². The first kappa shape index (κ1) is 16.6. The van der Waals surface area contributed by atoms with Crippen molar-refractivity contribution in [3.05, 3.63) is 53.6 Å². The van der Waals surface area contributed by atoms with Crippen molar-refractivity contribution in [2.75, 3.05) is 5.73 Å². The van der Waals surface area contributed by atoms with Crippen molar-refractivity contribution in [3.8, 4) is 11.1 Å². The van der Waals surface area contributed by atoms with Gasteiger partial charge in [-0.3, -0.25) is 9.20 Å². The third kappa shape index (κ3) is 2.55. The number of pyridine rings is 1. The number of anilines is 1. The smallest absolute Gasteiger partial charge is 0.249 e. The van der Waals surface area contributed by atoms with Gasteiger partial charge >= 0.3 is 0 Å². The number of halogens is 3. The molecular formula is C19H16F3N3O. The van der Waals surface area contributed by atoms with E-state index in [0.717, 1.165) is 0 Å². The maximum absolute atomic E-state index is 13.9. The second-order valence-corrected chi connectivity index (χ2v) is 6.73. The quantitative estimate of drug-likeness (QED) is 0.711. The van der Waals surface area contributed by atoms with Crippen LogP contribution in [0.5, 0.6) is 0 Å². The lowest BCUT2D eigenvalue weighted by atomic mass is 9.77. The zero-order chi connectivity index (χ0) is 18.6. The first-order valence-corrected chi connectivity index (χ1v) is 8.22. The van der Waals surface area contributed by atoms with E-state index < -0.39 is 30.5 Å². The molecule has 4 nitrogen and oxygen atoms in total. The number of Topliss-reactive ketones (excluding diaryl/α,β-unsaturated/α-hetero) is 1. The maximum Gasteiger partial charge on any atom is 0.249 e. The summed E-state index contributed by atoms with van der Waals surface area (Å²) in [4.78, 5) is 16.8. The Bertz CT molecular complexity index is 1030. The molecule has 0 atom stereocenters. The summed E-state index contributed by atoms with van der Waals surface area (Å²) < 4.78 is 41.6. The summed E-state index contributed by atoms with van der Waals surface area (Å²) in [7, 11) is 0. The van der Waals surface area contributed by atoms with Crippen LogP contribution in [0.25, 0.3) is 16.8 Å². The fourth-order valence-corrected chi connectivity index (χ4v) is 3.43. The van der Waals surface area contributed by atoms with E-state index in [1.54, 1.807) is 37.4 Å². The van der Waals surface area contributed by atoms with E-state index in [9.17, 15) is 18.0 Å². The Hall–Kier alpha value is -2.83. The molecule has 1 saturated carbocycles. The molecule has 7 heteroatoms. The molecule has 2 heterocycles. The minimum absolute atomic E-state index is 0.0123. The van der Waals surface area contributed by atoms with Gasteiger partial charge in [-0.05, 0) is 41.8 Å². The molecule has 2 N–H and O–H groups in total. The molecule has 0 amide bonds. The number of fused-ring (bicyclic) bond motifs is 1. The third-order valence-electron chi connectivity index (χ3n) is 4.92. The Balaban J connectivity index is 1.81. The average molecular weight is 359 g/mol. The van der Waals surface area contributed by atoms with E-state index in [2.05, 4.69) is 4.98 Å².